The Balaban J connectivity index is 1.81. The van der Waals surface area contributed by atoms with Crippen LogP contribution in [0.2, 0.25) is 0 Å². The zero-order valence-corrected chi connectivity index (χ0v) is 21.2. The van der Waals surface area contributed by atoms with Crippen molar-refractivity contribution in [3.05, 3.63) is 130 Å². The minimum atomic E-state index is -0.578. The van der Waals surface area contributed by atoms with E-state index >= 15 is 0 Å². The monoisotopic (exact) mass is 488 g/mol. The van der Waals surface area contributed by atoms with Crippen molar-refractivity contribution in [3.8, 4) is 5.75 Å². The van der Waals surface area contributed by atoms with Crippen molar-refractivity contribution in [2.24, 2.45) is 0 Å². The molecule has 4 heteroatoms. The molecule has 0 bridgehead atoms. The Hall–Kier alpha value is -3.03. The van der Waals surface area contributed by atoms with Crippen LogP contribution in [0.5, 0.6) is 5.75 Å². The van der Waals surface area contributed by atoms with Crippen molar-refractivity contribution in [2.45, 2.75) is 44.7 Å². The van der Waals surface area contributed by atoms with Gasteiger partial charge in [-0.25, -0.2) is 8.78 Å². The van der Waals surface area contributed by atoms with Gasteiger partial charge in [0.25, 0.3) is 0 Å². The molecule has 35 heavy (non-hydrogen) atoms. The first-order valence-electron chi connectivity index (χ1n) is 12.0. The highest BCUT2D eigenvalue weighted by atomic mass is 31.1. The Kier molecular flexibility index (Phi) is 7.98. The number of aromatic hydroxyl groups is 1. The van der Waals surface area contributed by atoms with Crippen molar-refractivity contribution < 1.29 is 13.9 Å². The molecule has 4 rings (SSSR count). The highest BCUT2D eigenvalue weighted by Crippen LogP contribution is 2.49. The number of phenolic OH excluding ortho intramolecular Hbond substituents is 1. The number of halogens is 2. The van der Waals surface area contributed by atoms with Gasteiger partial charge < -0.3 is 5.11 Å². The van der Waals surface area contributed by atoms with Crippen molar-refractivity contribution in [1.82, 2.24) is 0 Å². The fourth-order valence-corrected chi connectivity index (χ4v) is 6.37. The second-order valence-corrected chi connectivity index (χ2v) is 11.2. The molecular weight excluding hydrogens is 457 g/mol. The summed E-state index contributed by atoms with van der Waals surface area (Å²) in [4.78, 5) is 0. The second kappa shape index (κ2) is 11.1. The van der Waals surface area contributed by atoms with Crippen LogP contribution in [-0.2, 0) is 18.0 Å². The molecule has 4 aromatic rings. The van der Waals surface area contributed by atoms with Gasteiger partial charge >= 0.3 is 0 Å². The summed E-state index contributed by atoms with van der Waals surface area (Å²) >= 11 is 0. The lowest BCUT2D eigenvalue weighted by Gasteiger charge is -2.32. The Morgan fingerprint density at radius 3 is 2.00 bits per heavy atom. The maximum atomic E-state index is 14.7. The normalized spacial score (nSPS) is 13.3. The lowest BCUT2D eigenvalue weighted by atomic mass is 9.88. The summed E-state index contributed by atoms with van der Waals surface area (Å²) in [5.41, 5.74) is 5.13. The van der Waals surface area contributed by atoms with Crippen LogP contribution in [-0.4, -0.2) is 5.11 Å². The van der Waals surface area contributed by atoms with E-state index in [9.17, 15) is 13.9 Å². The maximum absolute atomic E-state index is 14.7. The molecule has 1 N–H and O–H groups in total. The number of hydrogen-bond acceptors (Lipinski definition) is 1. The number of rotatable bonds is 9. The number of phenols is 1. The lowest BCUT2D eigenvalue weighted by molar-refractivity contribution is 0.447. The molecule has 0 spiro atoms. The Morgan fingerprint density at radius 2 is 1.40 bits per heavy atom. The van der Waals surface area contributed by atoms with Crippen molar-refractivity contribution in [2.75, 3.05) is 0 Å². The van der Waals surface area contributed by atoms with Gasteiger partial charge in [-0.3, -0.25) is 0 Å². The van der Waals surface area contributed by atoms with Gasteiger partial charge in [0.2, 0.25) is 0 Å². The molecule has 2 unspecified atom stereocenters. The molecule has 0 radical (unpaired) electrons. The SMILES string of the molecule is CCCC(C)(Pc1ccc(F)cc1F)c1cc(Cc2ccccc2)cc(Cc2ccccc2)c1O. The molecule has 0 aliphatic heterocycles. The van der Waals surface area contributed by atoms with Gasteiger partial charge in [-0.1, -0.05) is 102 Å². The molecule has 0 aliphatic rings. The van der Waals surface area contributed by atoms with Gasteiger partial charge in [0, 0.05) is 28.5 Å². The fourth-order valence-electron chi connectivity index (χ4n) is 4.72. The van der Waals surface area contributed by atoms with E-state index in [4.69, 9.17) is 0 Å². The van der Waals surface area contributed by atoms with E-state index in [1.807, 2.05) is 36.4 Å². The van der Waals surface area contributed by atoms with Crippen LogP contribution in [0.1, 0.15) is 54.5 Å². The predicted molar refractivity (Wildman–Crippen MR) is 143 cm³/mol. The van der Waals surface area contributed by atoms with E-state index < -0.39 is 16.8 Å². The standard InChI is InChI=1S/C31H31F2OP/c1-3-16-31(2,35-29-15-14-26(32)21-28(29)33)27-20-24(17-22-10-6-4-7-11-22)19-25(30(27)34)18-23-12-8-5-9-13-23/h4-15,19-21,34-35H,3,16-18H2,1-2H3. The first kappa shape index (κ1) is 25.1. The van der Waals surface area contributed by atoms with E-state index in [1.165, 1.54) is 17.7 Å². The molecule has 0 saturated heterocycles. The van der Waals surface area contributed by atoms with Crippen molar-refractivity contribution in [3.63, 3.8) is 0 Å². The molecule has 0 aromatic heterocycles. The van der Waals surface area contributed by atoms with Crippen LogP contribution in [0, 0.1) is 11.6 Å². The van der Waals surface area contributed by atoms with Crippen LogP contribution in [0.25, 0.3) is 0 Å². The van der Waals surface area contributed by atoms with Crippen molar-refractivity contribution >= 4 is 13.9 Å². The Bertz CT molecular complexity index is 1270. The largest absolute Gasteiger partial charge is 0.507 e. The van der Waals surface area contributed by atoms with Gasteiger partial charge in [-0.05, 0) is 47.2 Å². The van der Waals surface area contributed by atoms with E-state index in [0.29, 0.717) is 11.7 Å². The van der Waals surface area contributed by atoms with E-state index in [2.05, 4.69) is 50.2 Å². The molecular formula is C31H31F2OP. The maximum Gasteiger partial charge on any atom is 0.133 e. The van der Waals surface area contributed by atoms with Gasteiger partial charge in [-0.2, -0.15) is 0 Å². The average molecular weight is 489 g/mol. The van der Waals surface area contributed by atoms with Crippen LogP contribution in [0.4, 0.5) is 8.78 Å². The summed E-state index contributed by atoms with van der Waals surface area (Å²) in [6.07, 6.45) is 3.00. The highest BCUT2D eigenvalue weighted by Gasteiger charge is 2.32. The first-order valence-corrected chi connectivity index (χ1v) is 13.0. The zero-order chi connectivity index (χ0) is 24.8. The van der Waals surface area contributed by atoms with Gasteiger partial charge in [0.1, 0.15) is 17.4 Å². The first-order chi connectivity index (χ1) is 16.9. The Morgan fingerprint density at radius 1 is 0.771 bits per heavy atom. The molecule has 180 valence electrons. The second-order valence-electron chi connectivity index (χ2n) is 9.31. The van der Waals surface area contributed by atoms with E-state index in [1.54, 1.807) is 0 Å². The van der Waals surface area contributed by atoms with E-state index in [0.717, 1.165) is 47.6 Å². The third-order valence-corrected chi connectivity index (χ3v) is 8.17. The molecule has 4 aromatic carbocycles. The molecule has 0 aliphatic carbocycles. The zero-order valence-electron chi connectivity index (χ0n) is 20.2. The van der Waals surface area contributed by atoms with Crippen LogP contribution in [0.15, 0.2) is 91.0 Å². The smallest absolute Gasteiger partial charge is 0.133 e. The summed E-state index contributed by atoms with van der Waals surface area (Å²) < 4.78 is 28.2. The summed E-state index contributed by atoms with van der Waals surface area (Å²) in [5, 5.41) is 11.5. The molecule has 0 heterocycles. The molecule has 0 saturated carbocycles. The molecule has 0 amide bonds. The number of benzene rings is 4. The van der Waals surface area contributed by atoms with Crippen LogP contribution in [0.3, 0.4) is 0 Å². The quantitative estimate of drug-likeness (QED) is 0.238. The minimum absolute atomic E-state index is 0.0513. The van der Waals surface area contributed by atoms with Gasteiger partial charge in [0.15, 0.2) is 0 Å². The summed E-state index contributed by atoms with van der Waals surface area (Å²) in [7, 11) is 0.0513. The molecule has 2 atom stereocenters. The minimum Gasteiger partial charge on any atom is -0.507 e. The average Bonchev–Trinajstić information content (AvgIpc) is 2.84. The summed E-state index contributed by atoms with van der Waals surface area (Å²) in [6, 6.07) is 28.3. The van der Waals surface area contributed by atoms with Gasteiger partial charge in [0.05, 0.1) is 0 Å². The van der Waals surface area contributed by atoms with E-state index in [-0.39, 0.29) is 14.3 Å². The highest BCUT2D eigenvalue weighted by molar-refractivity contribution is 7.48. The molecule has 1 nitrogen and oxygen atoms in total. The lowest BCUT2D eigenvalue weighted by Crippen LogP contribution is -2.21. The summed E-state index contributed by atoms with van der Waals surface area (Å²) in [6.45, 7) is 4.19. The summed E-state index contributed by atoms with van der Waals surface area (Å²) in [5.74, 6) is -0.835. The third-order valence-electron chi connectivity index (χ3n) is 6.42. The number of hydrogen-bond donors (Lipinski definition) is 1. The third kappa shape index (κ3) is 6.16. The van der Waals surface area contributed by atoms with Crippen LogP contribution >= 0.6 is 8.58 Å². The van der Waals surface area contributed by atoms with Crippen LogP contribution < -0.4 is 5.30 Å². The predicted octanol–water partition coefficient (Wildman–Crippen LogP) is 7.87. The molecule has 0 fully saturated rings. The Labute approximate surface area is 208 Å². The van der Waals surface area contributed by atoms with Gasteiger partial charge in [-0.15, -0.1) is 0 Å². The topological polar surface area (TPSA) is 20.2 Å². The van der Waals surface area contributed by atoms with Crippen molar-refractivity contribution in [1.29, 1.82) is 0 Å². The fraction of sp³-hybridized carbons (Fsp3) is 0.226.